The number of rotatable bonds is 7. The van der Waals surface area contributed by atoms with Gasteiger partial charge >= 0.3 is 6.18 Å². The minimum absolute atomic E-state index is 0.00563. The molecule has 1 aromatic heterocycles. The molecular formula is C24H18ClF3N4O2S. The molecule has 4 rings (SSSR count). The molecular weight excluding hydrogens is 501 g/mol. The van der Waals surface area contributed by atoms with Crippen LogP contribution in [0.3, 0.4) is 0 Å². The Kier molecular flexibility index (Phi) is 7.32. The number of ether oxygens (including phenoxy) is 1. The predicted molar refractivity (Wildman–Crippen MR) is 129 cm³/mol. The number of hydrogen-bond donors (Lipinski definition) is 1. The normalized spacial score (nSPS) is 11.3. The van der Waals surface area contributed by atoms with Gasteiger partial charge < -0.3 is 10.1 Å². The molecule has 1 heterocycles. The standard InChI is InChI=1S/C24H18ClF3N4O2S/c1-34-18-9-5-6-15(12-18)22-30-31-23(32(22)17-7-3-2-4-8-17)35-14-21(33)29-16-10-11-20(25)19(13-16)24(26,27)28/h2-13H,14H2,1H3,(H,29,33). The van der Waals surface area contributed by atoms with Gasteiger partial charge in [-0.1, -0.05) is 53.7 Å². The number of anilines is 1. The third-order valence-corrected chi connectivity index (χ3v) is 6.12. The molecule has 0 saturated carbocycles. The first-order valence-electron chi connectivity index (χ1n) is 10.2. The van der Waals surface area contributed by atoms with Gasteiger partial charge in [0.15, 0.2) is 11.0 Å². The highest BCUT2D eigenvalue weighted by atomic mass is 35.5. The molecule has 6 nitrogen and oxygen atoms in total. The molecule has 0 spiro atoms. The molecule has 0 aliphatic rings. The van der Waals surface area contributed by atoms with Crippen molar-refractivity contribution >= 4 is 35.0 Å². The zero-order valence-electron chi connectivity index (χ0n) is 18.2. The second-order valence-corrected chi connectivity index (χ2v) is 8.59. The fraction of sp³-hybridized carbons (Fsp3) is 0.125. The maximum absolute atomic E-state index is 13.1. The van der Waals surface area contributed by atoms with Crippen molar-refractivity contribution in [2.24, 2.45) is 0 Å². The van der Waals surface area contributed by atoms with Gasteiger partial charge in [0.05, 0.1) is 23.4 Å². The van der Waals surface area contributed by atoms with E-state index in [4.69, 9.17) is 16.3 Å². The SMILES string of the molecule is COc1cccc(-c2nnc(SCC(=O)Nc3ccc(Cl)c(C(F)(F)F)c3)n2-c2ccccc2)c1. The van der Waals surface area contributed by atoms with E-state index in [0.717, 1.165) is 35.1 Å². The molecule has 0 radical (unpaired) electrons. The van der Waals surface area contributed by atoms with E-state index in [2.05, 4.69) is 15.5 Å². The number of hydrogen-bond acceptors (Lipinski definition) is 5. The van der Waals surface area contributed by atoms with Crippen molar-refractivity contribution in [2.45, 2.75) is 11.3 Å². The first kappa shape index (κ1) is 24.6. The fourth-order valence-electron chi connectivity index (χ4n) is 3.27. The zero-order valence-corrected chi connectivity index (χ0v) is 19.8. The monoisotopic (exact) mass is 518 g/mol. The Morgan fingerprint density at radius 3 is 2.54 bits per heavy atom. The van der Waals surface area contributed by atoms with E-state index in [-0.39, 0.29) is 11.4 Å². The molecule has 0 unspecified atom stereocenters. The largest absolute Gasteiger partial charge is 0.497 e. The van der Waals surface area contributed by atoms with Crippen LogP contribution in [0.4, 0.5) is 18.9 Å². The number of amides is 1. The minimum atomic E-state index is -4.63. The van der Waals surface area contributed by atoms with Crippen LogP contribution in [-0.4, -0.2) is 33.5 Å². The number of carbonyl (C=O) groups is 1. The van der Waals surface area contributed by atoms with Crippen LogP contribution in [0.1, 0.15) is 5.56 Å². The summed E-state index contributed by atoms with van der Waals surface area (Å²) in [7, 11) is 1.57. The molecule has 1 amide bonds. The van der Waals surface area contributed by atoms with Gasteiger partial charge in [-0.2, -0.15) is 13.2 Å². The van der Waals surface area contributed by atoms with Crippen LogP contribution in [0.5, 0.6) is 5.75 Å². The molecule has 0 aliphatic heterocycles. The highest BCUT2D eigenvalue weighted by Gasteiger charge is 2.33. The number of methoxy groups -OCH3 is 1. The summed E-state index contributed by atoms with van der Waals surface area (Å²) in [6.45, 7) is 0. The Hall–Kier alpha value is -3.50. The van der Waals surface area contributed by atoms with E-state index in [1.165, 1.54) is 6.07 Å². The van der Waals surface area contributed by atoms with Crippen molar-refractivity contribution in [3.63, 3.8) is 0 Å². The summed E-state index contributed by atoms with van der Waals surface area (Å²) in [6, 6.07) is 19.9. The van der Waals surface area contributed by atoms with Crippen LogP contribution >= 0.6 is 23.4 Å². The highest BCUT2D eigenvalue weighted by Crippen LogP contribution is 2.36. The highest BCUT2D eigenvalue weighted by molar-refractivity contribution is 7.99. The van der Waals surface area contributed by atoms with Gasteiger partial charge in [-0.3, -0.25) is 9.36 Å². The van der Waals surface area contributed by atoms with E-state index in [0.29, 0.717) is 16.7 Å². The molecule has 180 valence electrons. The van der Waals surface area contributed by atoms with Gasteiger partial charge in [0.25, 0.3) is 0 Å². The molecule has 1 N–H and O–H groups in total. The number of nitrogens with zero attached hydrogens (tertiary/aromatic N) is 3. The summed E-state index contributed by atoms with van der Waals surface area (Å²) >= 11 is 6.75. The lowest BCUT2D eigenvalue weighted by Gasteiger charge is -2.12. The van der Waals surface area contributed by atoms with E-state index in [1.807, 2.05) is 54.6 Å². The summed E-state index contributed by atoms with van der Waals surface area (Å²) in [5.74, 6) is 0.592. The first-order chi connectivity index (χ1) is 16.8. The van der Waals surface area contributed by atoms with Crippen LogP contribution in [0.15, 0.2) is 78.0 Å². The molecule has 0 aliphatic carbocycles. The van der Waals surface area contributed by atoms with Crippen LogP contribution in [0, 0.1) is 0 Å². The van der Waals surface area contributed by atoms with Crippen molar-refractivity contribution < 1.29 is 22.7 Å². The van der Waals surface area contributed by atoms with Crippen molar-refractivity contribution in [2.75, 3.05) is 18.2 Å². The molecule has 0 fully saturated rings. The Labute approximate surface area is 208 Å². The van der Waals surface area contributed by atoms with Crippen molar-refractivity contribution in [3.05, 3.63) is 83.4 Å². The van der Waals surface area contributed by atoms with Gasteiger partial charge in [0.1, 0.15) is 5.75 Å². The molecule has 0 atom stereocenters. The third-order valence-electron chi connectivity index (χ3n) is 4.86. The van der Waals surface area contributed by atoms with E-state index in [1.54, 1.807) is 11.7 Å². The fourth-order valence-corrected chi connectivity index (χ4v) is 4.25. The Morgan fingerprint density at radius 1 is 1.06 bits per heavy atom. The molecule has 0 saturated heterocycles. The number of benzene rings is 3. The topological polar surface area (TPSA) is 69.0 Å². The Balaban J connectivity index is 1.57. The zero-order chi connectivity index (χ0) is 25.0. The van der Waals surface area contributed by atoms with Gasteiger partial charge in [-0.05, 0) is 42.5 Å². The van der Waals surface area contributed by atoms with Crippen molar-refractivity contribution in [1.82, 2.24) is 14.8 Å². The minimum Gasteiger partial charge on any atom is -0.497 e. The van der Waals surface area contributed by atoms with Gasteiger partial charge in [0, 0.05) is 16.9 Å². The summed E-state index contributed by atoms with van der Waals surface area (Å²) in [4.78, 5) is 12.5. The van der Waals surface area contributed by atoms with Crippen LogP contribution in [-0.2, 0) is 11.0 Å². The van der Waals surface area contributed by atoms with Gasteiger partial charge in [0.2, 0.25) is 5.91 Å². The van der Waals surface area contributed by atoms with Crippen LogP contribution < -0.4 is 10.1 Å². The molecule has 4 aromatic rings. The summed E-state index contributed by atoms with van der Waals surface area (Å²) in [5, 5.41) is 11.0. The van der Waals surface area contributed by atoms with Crippen molar-refractivity contribution in [3.8, 4) is 22.8 Å². The second-order valence-electron chi connectivity index (χ2n) is 7.24. The van der Waals surface area contributed by atoms with Crippen LogP contribution in [0.25, 0.3) is 17.1 Å². The number of alkyl halides is 3. The number of halogens is 4. The quantitative estimate of drug-likeness (QED) is 0.289. The third kappa shape index (κ3) is 5.77. The van der Waals surface area contributed by atoms with Gasteiger partial charge in [-0.25, -0.2) is 0 Å². The van der Waals surface area contributed by atoms with E-state index in [9.17, 15) is 18.0 Å². The maximum atomic E-state index is 13.1. The number of thioether (sulfide) groups is 1. The van der Waals surface area contributed by atoms with E-state index < -0.39 is 22.7 Å². The molecule has 11 heteroatoms. The maximum Gasteiger partial charge on any atom is 0.417 e. The number of aromatic nitrogens is 3. The Bertz CT molecular complexity index is 1350. The first-order valence-corrected chi connectivity index (χ1v) is 11.6. The average Bonchev–Trinajstić information content (AvgIpc) is 3.28. The molecule has 35 heavy (non-hydrogen) atoms. The lowest BCUT2D eigenvalue weighted by molar-refractivity contribution is -0.137. The predicted octanol–water partition coefficient (Wildman–Crippen LogP) is 6.35. The van der Waals surface area contributed by atoms with Crippen LogP contribution in [0.2, 0.25) is 5.02 Å². The van der Waals surface area contributed by atoms with E-state index >= 15 is 0 Å². The summed E-state index contributed by atoms with van der Waals surface area (Å²) in [5.41, 5.74) is 0.522. The summed E-state index contributed by atoms with van der Waals surface area (Å²) in [6.07, 6.45) is -4.63. The number of para-hydroxylation sites is 1. The number of nitrogens with one attached hydrogen (secondary N) is 1. The smallest absolute Gasteiger partial charge is 0.417 e. The Morgan fingerprint density at radius 2 is 1.83 bits per heavy atom. The molecule has 0 bridgehead atoms. The van der Waals surface area contributed by atoms with Crippen molar-refractivity contribution in [1.29, 1.82) is 0 Å². The lowest BCUT2D eigenvalue weighted by Crippen LogP contribution is -2.15. The van der Waals surface area contributed by atoms with Gasteiger partial charge in [-0.15, -0.1) is 10.2 Å². The summed E-state index contributed by atoms with van der Waals surface area (Å²) < 4.78 is 46.4. The second kappa shape index (κ2) is 10.4. The molecule has 3 aromatic carbocycles. The number of carbonyl (C=O) groups excluding carboxylic acids is 1. The average molecular weight is 519 g/mol. The lowest BCUT2D eigenvalue weighted by atomic mass is 10.2.